The summed E-state index contributed by atoms with van der Waals surface area (Å²) >= 11 is 1.53. The Labute approximate surface area is 270 Å². The molecule has 2 heterocycles. The molecule has 1 unspecified atom stereocenters. The molecule has 3 N–H and O–H groups in total. The lowest BCUT2D eigenvalue weighted by Gasteiger charge is -2.26. The van der Waals surface area contributed by atoms with Gasteiger partial charge in [-0.05, 0) is 57.1 Å². The van der Waals surface area contributed by atoms with Gasteiger partial charge in [0, 0.05) is 35.2 Å². The minimum atomic E-state index is -0.922. The fourth-order valence-electron chi connectivity index (χ4n) is 4.82. The molecule has 1 aromatic heterocycles. The number of carbonyl (C=O) groups excluding carboxylic acids is 3. The Kier molecular flexibility index (Phi) is 10.7. The molecule has 4 atom stereocenters. The maximum absolute atomic E-state index is 13.5. The molecule has 0 bridgehead atoms. The average Bonchev–Trinajstić information content (AvgIpc) is 3.48. The molecule has 0 saturated heterocycles. The van der Waals surface area contributed by atoms with Crippen LogP contribution < -0.4 is 10.6 Å². The third-order valence-electron chi connectivity index (χ3n) is 7.43. The number of amides is 2. The van der Waals surface area contributed by atoms with Crippen molar-refractivity contribution in [2.75, 3.05) is 0 Å². The van der Waals surface area contributed by atoms with Gasteiger partial charge in [-0.3, -0.25) is 9.59 Å². The summed E-state index contributed by atoms with van der Waals surface area (Å²) in [6.45, 7) is 13.3. The van der Waals surface area contributed by atoms with Gasteiger partial charge in [0.1, 0.15) is 17.7 Å². The maximum Gasteiger partial charge on any atom is 0.328 e. The number of thioether (sulfide) groups is 1. The number of esters is 1. The van der Waals surface area contributed by atoms with Gasteiger partial charge in [0.15, 0.2) is 5.82 Å². The SMILES string of the molecule is C[C@@H](NC(=O)[C@H](Cc1ccc(-c2ncc(C3=CC[C@@H](O)C=C3)cn2)cc1)NC(=O)C1=CCC(C(C)(C)C)S1)C(=O)OC(C)(C)C. The van der Waals surface area contributed by atoms with Crippen LogP contribution in [0.15, 0.2) is 65.9 Å². The van der Waals surface area contributed by atoms with Crippen LogP contribution in [0.25, 0.3) is 17.0 Å². The maximum atomic E-state index is 13.5. The van der Waals surface area contributed by atoms with Crippen molar-refractivity contribution >= 4 is 35.1 Å². The van der Waals surface area contributed by atoms with Crippen LogP contribution in [0.4, 0.5) is 0 Å². The molecule has 1 aliphatic heterocycles. The molecule has 1 aliphatic carbocycles. The van der Waals surface area contributed by atoms with Crippen LogP contribution in [-0.2, 0) is 25.5 Å². The van der Waals surface area contributed by atoms with Crippen molar-refractivity contribution in [3.63, 3.8) is 0 Å². The minimum Gasteiger partial charge on any atom is -0.458 e. The smallest absolute Gasteiger partial charge is 0.328 e. The molecule has 4 rings (SSSR count). The first-order valence-corrected chi connectivity index (χ1v) is 16.2. The number of nitrogens with zero attached hydrogens (tertiary/aromatic N) is 2. The van der Waals surface area contributed by atoms with Gasteiger partial charge in [-0.25, -0.2) is 14.8 Å². The zero-order chi connectivity index (χ0) is 32.9. The van der Waals surface area contributed by atoms with Crippen molar-refractivity contribution in [1.29, 1.82) is 0 Å². The highest BCUT2D eigenvalue weighted by atomic mass is 32.2. The van der Waals surface area contributed by atoms with Crippen molar-refractivity contribution in [2.24, 2.45) is 5.41 Å². The largest absolute Gasteiger partial charge is 0.458 e. The standard InChI is InChI=1S/C35H44N4O5S/c1-21(33(43)44-35(5,6)7)38-31(41)27(39-32(42)28-16-17-29(45-28)34(2,3)4)18-22-8-10-24(11-9-22)30-36-19-25(20-37-30)23-12-14-26(40)15-13-23/h8-14,16,19-21,26-27,29,40H,15,17-18H2,1-7H3,(H,38,41)(H,39,42)/t21-,26+,27+,29?/m1/s1. The highest BCUT2D eigenvalue weighted by molar-refractivity contribution is 8.04. The lowest BCUT2D eigenvalue weighted by atomic mass is 9.90. The molecule has 240 valence electrons. The molecule has 45 heavy (non-hydrogen) atoms. The number of aliphatic hydroxyl groups is 1. The lowest BCUT2D eigenvalue weighted by molar-refractivity contribution is -0.158. The number of allylic oxidation sites excluding steroid dienone is 3. The van der Waals surface area contributed by atoms with E-state index >= 15 is 0 Å². The second-order valence-corrected chi connectivity index (χ2v) is 14.8. The van der Waals surface area contributed by atoms with E-state index in [9.17, 15) is 19.5 Å². The third kappa shape index (κ3) is 9.61. The number of carbonyl (C=O) groups is 3. The topological polar surface area (TPSA) is 131 Å². The van der Waals surface area contributed by atoms with Crippen molar-refractivity contribution < 1.29 is 24.2 Å². The minimum absolute atomic E-state index is 0.0301. The number of rotatable bonds is 9. The van der Waals surface area contributed by atoms with Gasteiger partial charge in [0.05, 0.1) is 11.0 Å². The summed E-state index contributed by atoms with van der Waals surface area (Å²) in [4.78, 5) is 49.0. The molecule has 2 aromatic rings. The Balaban J connectivity index is 1.47. The molecule has 2 aliphatic rings. The van der Waals surface area contributed by atoms with Crippen molar-refractivity contribution in [3.8, 4) is 11.4 Å². The predicted octanol–water partition coefficient (Wildman–Crippen LogP) is 5.16. The number of aliphatic hydroxyl groups excluding tert-OH is 1. The van der Waals surface area contributed by atoms with E-state index in [1.54, 1.807) is 46.2 Å². The molecule has 0 fully saturated rings. The van der Waals surface area contributed by atoms with E-state index < -0.39 is 35.7 Å². The summed E-state index contributed by atoms with van der Waals surface area (Å²) < 4.78 is 5.42. The first-order valence-electron chi connectivity index (χ1n) is 15.3. The zero-order valence-electron chi connectivity index (χ0n) is 27.1. The summed E-state index contributed by atoms with van der Waals surface area (Å²) in [6.07, 6.45) is 12.1. The molecule has 1 aromatic carbocycles. The Bertz CT molecular complexity index is 1480. The Morgan fingerprint density at radius 2 is 1.64 bits per heavy atom. The van der Waals surface area contributed by atoms with Crippen LogP contribution in [0.3, 0.4) is 0 Å². The van der Waals surface area contributed by atoms with Crippen LogP contribution in [0.1, 0.15) is 72.4 Å². The van der Waals surface area contributed by atoms with Crippen molar-refractivity contribution in [1.82, 2.24) is 20.6 Å². The molecule has 10 heteroatoms. The predicted molar refractivity (Wildman–Crippen MR) is 178 cm³/mol. The first-order chi connectivity index (χ1) is 21.1. The van der Waals surface area contributed by atoms with E-state index in [1.165, 1.54) is 11.8 Å². The van der Waals surface area contributed by atoms with Gasteiger partial charge < -0.3 is 20.5 Å². The molecular weight excluding hydrogens is 588 g/mol. The summed E-state index contributed by atoms with van der Waals surface area (Å²) in [5, 5.41) is 15.6. The number of benzene rings is 1. The van der Waals surface area contributed by atoms with Crippen LogP contribution in [0.2, 0.25) is 0 Å². The van der Waals surface area contributed by atoms with E-state index in [2.05, 4.69) is 41.4 Å². The fraction of sp³-hybridized carbons (Fsp3) is 0.457. The lowest BCUT2D eigenvalue weighted by Crippen LogP contribution is -2.52. The average molecular weight is 633 g/mol. The van der Waals surface area contributed by atoms with Crippen molar-refractivity contribution in [3.05, 3.63) is 77.0 Å². The quantitative estimate of drug-likeness (QED) is 0.324. The Morgan fingerprint density at radius 3 is 2.20 bits per heavy atom. The number of ether oxygens (including phenoxy) is 1. The number of aromatic nitrogens is 2. The van der Waals surface area contributed by atoms with E-state index in [0.29, 0.717) is 17.2 Å². The van der Waals surface area contributed by atoms with Crippen LogP contribution in [-0.4, -0.2) is 61.9 Å². The highest BCUT2D eigenvalue weighted by Crippen LogP contribution is 2.42. The van der Waals surface area contributed by atoms with E-state index in [-0.39, 0.29) is 23.0 Å². The highest BCUT2D eigenvalue weighted by Gasteiger charge is 2.33. The number of nitrogens with one attached hydrogen (secondary N) is 2. The van der Waals surface area contributed by atoms with Crippen LogP contribution in [0, 0.1) is 5.41 Å². The second-order valence-electron chi connectivity index (χ2n) is 13.6. The van der Waals surface area contributed by atoms with Crippen LogP contribution >= 0.6 is 11.8 Å². The van der Waals surface area contributed by atoms with Gasteiger partial charge in [-0.2, -0.15) is 0 Å². The first kappa shape index (κ1) is 34.1. The molecule has 2 amide bonds. The molecule has 9 nitrogen and oxygen atoms in total. The summed E-state index contributed by atoms with van der Waals surface area (Å²) in [5.74, 6) is -0.775. The molecular formula is C35H44N4O5S. The Hall–Kier alpha value is -3.76. The van der Waals surface area contributed by atoms with E-state index in [4.69, 9.17) is 4.74 Å². The van der Waals surface area contributed by atoms with Crippen molar-refractivity contribution in [2.45, 2.75) is 96.8 Å². The monoisotopic (exact) mass is 632 g/mol. The van der Waals surface area contributed by atoms with Gasteiger partial charge in [-0.15, -0.1) is 11.8 Å². The molecule has 0 spiro atoms. The normalized spacial score (nSPS) is 19.6. The summed E-state index contributed by atoms with van der Waals surface area (Å²) in [5.41, 5.74) is 2.79. The van der Waals surface area contributed by atoms with E-state index in [0.717, 1.165) is 28.7 Å². The zero-order valence-corrected chi connectivity index (χ0v) is 27.9. The summed E-state index contributed by atoms with van der Waals surface area (Å²) in [6, 6.07) is 5.70. The number of hydrogen-bond acceptors (Lipinski definition) is 8. The van der Waals surface area contributed by atoms with Gasteiger partial charge in [-0.1, -0.05) is 69.3 Å². The number of hydrogen-bond donors (Lipinski definition) is 3. The fourth-order valence-corrected chi connectivity index (χ4v) is 6.03. The van der Waals surface area contributed by atoms with Gasteiger partial charge in [0.25, 0.3) is 5.91 Å². The molecule has 0 radical (unpaired) electrons. The van der Waals surface area contributed by atoms with Gasteiger partial charge in [0.2, 0.25) is 5.91 Å². The van der Waals surface area contributed by atoms with Gasteiger partial charge >= 0.3 is 5.97 Å². The Morgan fingerprint density at radius 1 is 0.978 bits per heavy atom. The van der Waals surface area contributed by atoms with E-state index in [1.807, 2.05) is 42.5 Å². The summed E-state index contributed by atoms with van der Waals surface area (Å²) in [7, 11) is 0. The third-order valence-corrected chi connectivity index (χ3v) is 9.22. The van der Waals surface area contributed by atoms with Crippen LogP contribution in [0.5, 0.6) is 0 Å². The molecule has 0 saturated carbocycles. The second kappa shape index (κ2) is 14.1.